The quantitative estimate of drug-likeness (QED) is 0.0282. The summed E-state index contributed by atoms with van der Waals surface area (Å²) < 4.78 is 44.2. The van der Waals surface area contributed by atoms with Crippen LogP contribution < -0.4 is 16.0 Å². The first kappa shape index (κ1) is 62.0. The highest BCUT2D eigenvalue weighted by molar-refractivity contribution is 6.01. The summed E-state index contributed by atoms with van der Waals surface area (Å²) in [5.74, 6) is -4.38. The van der Waals surface area contributed by atoms with E-state index in [1.807, 2.05) is 0 Å². The number of nitrogens with one attached hydrogen (secondary N) is 3. The molecule has 75 heavy (non-hydrogen) atoms. The third-order valence-corrected chi connectivity index (χ3v) is 12.8. The van der Waals surface area contributed by atoms with E-state index in [9.17, 15) is 95.2 Å². The van der Waals surface area contributed by atoms with E-state index >= 15 is 0 Å². The van der Waals surface area contributed by atoms with Gasteiger partial charge in [-0.15, -0.1) is 5.06 Å². The van der Waals surface area contributed by atoms with E-state index in [0.717, 1.165) is 0 Å². The van der Waals surface area contributed by atoms with Crippen molar-refractivity contribution in [3.8, 4) is 0 Å². The number of carbonyl (C=O) groups is 6. The molecule has 16 N–H and O–H groups in total. The second kappa shape index (κ2) is 29.2. The summed E-state index contributed by atoms with van der Waals surface area (Å²) in [5.41, 5.74) is 0. The Morgan fingerprint density at radius 1 is 0.573 bits per heavy atom. The van der Waals surface area contributed by atoms with Crippen molar-refractivity contribution in [3.63, 3.8) is 0 Å². The molecular formula is C43H70N4O28. The SMILES string of the molecule is C[C@@H]1O[C@@H](OCCNC(=O)CC[C@H](NC(=O)CCCCC(=O)ON2C(=O)CCC2=O)C(=O)NCCO[C@H]2O[C@H](CO[C@H]3O[C@H](CO)[C@@H](O)[C@H](O)[C@@H]3O)[C@@H](O)[C@H](O[C@H]3O[C@H](CO)[C@@H](O)[C@H](O)[C@@H]3O)[C@@H]2O)[C@@H](O)[C@H](O)[C@@H]1O. The van der Waals surface area contributed by atoms with Crippen molar-refractivity contribution in [2.75, 3.05) is 46.1 Å². The molecule has 0 aliphatic carbocycles. The fourth-order valence-corrected chi connectivity index (χ4v) is 8.32. The topological polar surface area (TPSA) is 488 Å². The number of nitrogens with zero attached hydrogens (tertiary/aromatic N) is 1. The van der Waals surface area contributed by atoms with Gasteiger partial charge < -0.3 is 125 Å². The van der Waals surface area contributed by atoms with Gasteiger partial charge in [-0.3, -0.25) is 24.0 Å². The zero-order valence-corrected chi connectivity index (χ0v) is 40.6. The molecule has 0 saturated carbocycles. The molecule has 5 heterocycles. The van der Waals surface area contributed by atoms with Crippen LogP contribution in [0.3, 0.4) is 0 Å². The number of hydrogen-bond donors (Lipinski definition) is 16. The highest BCUT2D eigenvalue weighted by atomic mass is 16.8. The van der Waals surface area contributed by atoms with E-state index in [1.54, 1.807) is 0 Å². The minimum atomic E-state index is -2.01. The molecular weight excluding hydrogens is 1020 g/mol. The van der Waals surface area contributed by atoms with Crippen LogP contribution in [-0.4, -0.2) is 282 Å². The summed E-state index contributed by atoms with van der Waals surface area (Å²) in [4.78, 5) is 80.1. The standard InChI is InChI=1S/C43H70N4O28/c1-17-27(55)31(59)34(62)40(70-17)67-12-10-44-22(50)7-6-18(46-23(51)4-2-3-5-26(54)75-47-24(52)8-9-25(47)53)39(66)45-11-13-68-42-37(65)38(74-43-36(64)33(61)29(57)20(15-49)72-43)30(58)21(73-42)16-69-41-35(63)32(60)28(56)19(14-48)71-41/h17-21,27-38,40-43,48-49,55-65H,2-16H2,1H3,(H,44,50)(H,45,66)(H,46,51)/t17-,18-,19+,20+,21+,27+,28+,29+,30+,31+,32-,33-,34-,35-,36-,37-,38-,40+,41-,42-,43+/m0/s1. The van der Waals surface area contributed by atoms with Crippen LogP contribution >= 0.6 is 0 Å². The van der Waals surface area contributed by atoms with Crippen LogP contribution in [0.25, 0.3) is 0 Å². The molecule has 0 aromatic heterocycles. The van der Waals surface area contributed by atoms with Crippen molar-refractivity contribution in [1.82, 2.24) is 21.0 Å². The summed E-state index contributed by atoms with van der Waals surface area (Å²) in [5, 5.41) is 142. The first-order valence-corrected chi connectivity index (χ1v) is 24.3. The summed E-state index contributed by atoms with van der Waals surface area (Å²) >= 11 is 0. The van der Waals surface area contributed by atoms with Crippen molar-refractivity contribution < 1.29 is 138 Å². The molecule has 0 aromatic carbocycles. The molecule has 32 nitrogen and oxygen atoms in total. The van der Waals surface area contributed by atoms with Crippen molar-refractivity contribution in [1.29, 1.82) is 0 Å². The summed E-state index contributed by atoms with van der Waals surface area (Å²) in [7, 11) is 0. The van der Waals surface area contributed by atoms with Gasteiger partial charge >= 0.3 is 5.97 Å². The number of amides is 5. The molecule has 5 fully saturated rings. The third kappa shape index (κ3) is 16.6. The van der Waals surface area contributed by atoms with Crippen molar-refractivity contribution in [3.05, 3.63) is 0 Å². The lowest BCUT2D eigenvalue weighted by Crippen LogP contribution is -2.65. The lowest BCUT2D eigenvalue weighted by Gasteiger charge is -2.46. The highest BCUT2D eigenvalue weighted by Gasteiger charge is 2.52. The molecule has 5 aliphatic rings. The number of rotatable bonds is 26. The Hall–Kier alpha value is -3.82. The van der Waals surface area contributed by atoms with Gasteiger partial charge in [-0.1, -0.05) is 0 Å². The van der Waals surface area contributed by atoms with Gasteiger partial charge in [-0.2, -0.15) is 0 Å². The largest absolute Gasteiger partial charge is 0.394 e. The van der Waals surface area contributed by atoms with Gasteiger partial charge in [-0.25, -0.2) is 4.79 Å². The van der Waals surface area contributed by atoms with E-state index < -0.39 is 197 Å². The second-order valence-electron chi connectivity index (χ2n) is 18.3. The minimum absolute atomic E-state index is 0.0732. The van der Waals surface area contributed by atoms with E-state index in [-0.39, 0.29) is 64.5 Å². The van der Waals surface area contributed by atoms with Crippen molar-refractivity contribution in [2.24, 2.45) is 0 Å². The third-order valence-electron chi connectivity index (χ3n) is 12.8. The Kier molecular flexibility index (Phi) is 24.2. The lowest BCUT2D eigenvalue weighted by molar-refractivity contribution is -0.366. The van der Waals surface area contributed by atoms with Gasteiger partial charge in [0.1, 0.15) is 97.6 Å². The molecule has 0 bridgehead atoms. The monoisotopic (exact) mass is 1090 g/mol. The Labute approximate surface area is 427 Å². The lowest BCUT2D eigenvalue weighted by atomic mass is 9.96. The average Bonchev–Trinajstić information content (AvgIpc) is 3.70. The fraction of sp³-hybridized carbons (Fsp3) is 0.860. The van der Waals surface area contributed by atoms with E-state index in [4.69, 9.17) is 42.7 Å². The van der Waals surface area contributed by atoms with E-state index in [0.29, 0.717) is 5.06 Å². The molecule has 0 unspecified atom stereocenters. The van der Waals surface area contributed by atoms with Crippen LogP contribution in [0.1, 0.15) is 58.3 Å². The first-order valence-electron chi connectivity index (χ1n) is 24.3. The molecule has 21 atom stereocenters. The van der Waals surface area contributed by atoms with Gasteiger partial charge in [0.2, 0.25) is 17.7 Å². The smallest absolute Gasteiger partial charge is 0.333 e. The zero-order chi connectivity index (χ0) is 55.3. The van der Waals surface area contributed by atoms with Crippen LogP contribution in [0, 0.1) is 0 Å². The van der Waals surface area contributed by atoms with Gasteiger partial charge in [0.15, 0.2) is 25.2 Å². The normalized spacial score (nSPS) is 37.7. The predicted octanol–water partition coefficient (Wildman–Crippen LogP) is -10.0. The number of unbranched alkanes of at least 4 members (excludes halogenated alkanes) is 1. The van der Waals surface area contributed by atoms with Crippen LogP contribution in [0.5, 0.6) is 0 Å². The molecule has 0 radical (unpaired) electrons. The fourth-order valence-electron chi connectivity index (χ4n) is 8.32. The van der Waals surface area contributed by atoms with Gasteiger partial charge in [-0.05, 0) is 26.2 Å². The van der Waals surface area contributed by atoms with Crippen LogP contribution in [0.15, 0.2) is 0 Å². The molecule has 5 amide bonds. The maximum atomic E-state index is 13.6. The molecule has 5 rings (SSSR count). The van der Waals surface area contributed by atoms with Crippen molar-refractivity contribution >= 4 is 35.5 Å². The summed E-state index contributed by atoms with van der Waals surface area (Å²) in [6.07, 6.45) is -34.8. The van der Waals surface area contributed by atoms with Gasteiger partial charge in [0.25, 0.3) is 11.8 Å². The number of imide groups is 1. The van der Waals surface area contributed by atoms with Crippen LogP contribution in [0.2, 0.25) is 0 Å². The Morgan fingerprint density at radius 2 is 1.08 bits per heavy atom. The Morgan fingerprint density at radius 3 is 1.68 bits per heavy atom. The molecule has 430 valence electrons. The highest BCUT2D eigenvalue weighted by Crippen LogP contribution is 2.31. The van der Waals surface area contributed by atoms with E-state index in [1.165, 1.54) is 6.92 Å². The zero-order valence-electron chi connectivity index (χ0n) is 40.6. The maximum Gasteiger partial charge on any atom is 0.333 e. The van der Waals surface area contributed by atoms with E-state index in [2.05, 4.69) is 16.0 Å². The maximum absolute atomic E-state index is 13.6. The number of carbonyl (C=O) groups excluding carboxylic acids is 6. The molecule has 32 heteroatoms. The van der Waals surface area contributed by atoms with Crippen LogP contribution in [0.4, 0.5) is 0 Å². The van der Waals surface area contributed by atoms with Crippen LogP contribution in [-0.2, 0) is 71.5 Å². The van der Waals surface area contributed by atoms with Gasteiger partial charge in [0.05, 0.1) is 39.1 Å². The number of aliphatic hydroxyl groups excluding tert-OH is 13. The number of hydroxylamine groups is 2. The number of hydrogen-bond acceptors (Lipinski definition) is 28. The van der Waals surface area contributed by atoms with Gasteiger partial charge in [0, 0.05) is 45.2 Å². The summed E-state index contributed by atoms with van der Waals surface area (Å²) in [6, 6.07) is -1.39. The Balaban J connectivity index is 1.19. The summed E-state index contributed by atoms with van der Waals surface area (Å²) in [6.45, 7) is -2.21. The molecule has 0 spiro atoms. The molecule has 0 aromatic rings. The second-order valence-corrected chi connectivity index (χ2v) is 18.3. The first-order chi connectivity index (χ1) is 35.6. The average molecular weight is 1090 g/mol. The number of aliphatic hydroxyl groups is 13. The molecule has 5 saturated heterocycles. The Bertz CT molecular complexity index is 1860. The molecule has 5 aliphatic heterocycles. The van der Waals surface area contributed by atoms with Crippen molar-refractivity contribution in [2.45, 2.75) is 187 Å². The predicted molar refractivity (Wildman–Crippen MR) is 236 cm³/mol. The number of ether oxygens (including phenoxy) is 8. The minimum Gasteiger partial charge on any atom is -0.394 e.